The lowest BCUT2D eigenvalue weighted by atomic mass is 10.1. The summed E-state index contributed by atoms with van der Waals surface area (Å²) >= 11 is 3.54. The third kappa shape index (κ3) is 3.59. The Morgan fingerprint density at radius 1 is 1.15 bits per heavy atom. The summed E-state index contributed by atoms with van der Waals surface area (Å²) in [7, 11) is 0. The van der Waals surface area contributed by atoms with Crippen molar-refractivity contribution in [3.63, 3.8) is 0 Å². The van der Waals surface area contributed by atoms with Gasteiger partial charge >= 0.3 is 0 Å². The minimum atomic E-state index is 0.490. The molecule has 4 nitrogen and oxygen atoms in total. The summed E-state index contributed by atoms with van der Waals surface area (Å²) in [6.07, 6.45) is 0. The number of benzene rings is 2. The number of aryl methyl sites for hydroxylation is 2. The van der Waals surface area contributed by atoms with Crippen molar-refractivity contribution in [3.8, 4) is 0 Å². The lowest BCUT2D eigenvalue weighted by molar-refractivity contribution is 1.02. The van der Waals surface area contributed by atoms with Gasteiger partial charge in [-0.25, -0.2) is 10.8 Å². The SMILES string of the molecule is Cc1cc(C)c(N=C(NN)Nc2ccccc2)c(Br)c1. The molecule has 0 saturated heterocycles. The molecule has 0 bridgehead atoms. The van der Waals surface area contributed by atoms with Gasteiger partial charge in [0.25, 0.3) is 0 Å². The molecule has 0 fully saturated rings. The van der Waals surface area contributed by atoms with Crippen LogP contribution in [0.4, 0.5) is 11.4 Å². The van der Waals surface area contributed by atoms with Crippen LogP contribution >= 0.6 is 15.9 Å². The van der Waals surface area contributed by atoms with Crippen molar-refractivity contribution >= 4 is 33.3 Å². The number of hydrazine groups is 1. The Morgan fingerprint density at radius 2 is 1.85 bits per heavy atom. The standard InChI is InChI=1S/C15H17BrN4/c1-10-8-11(2)14(13(16)9-10)19-15(20-17)18-12-6-4-3-5-7-12/h3-9H,17H2,1-2H3,(H2,18,19,20). The van der Waals surface area contributed by atoms with Crippen molar-refractivity contribution in [2.24, 2.45) is 10.8 Å². The van der Waals surface area contributed by atoms with Gasteiger partial charge in [0.15, 0.2) is 0 Å². The topological polar surface area (TPSA) is 62.4 Å². The lowest BCUT2D eigenvalue weighted by Crippen LogP contribution is -2.36. The average molecular weight is 333 g/mol. The highest BCUT2D eigenvalue weighted by Crippen LogP contribution is 2.30. The van der Waals surface area contributed by atoms with Crippen LogP contribution in [0.15, 0.2) is 51.9 Å². The molecule has 2 rings (SSSR count). The van der Waals surface area contributed by atoms with Crippen molar-refractivity contribution in [1.82, 2.24) is 5.43 Å². The van der Waals surface area contributed by atoms with Crippen LogP contribution < -0.4 is 16.6 Å². The van der Waals surface area contributed by atoms with Crippen LogP contribution in [0, 0.1) is 13.8 Å². The Bertz CT molecular complexity index is 600. The van der Waals surface area contributed by atoms with Gasteiger partial charge in [-0.3, -0.25) is 5.43 Å². The second-order valence-corrected chi connectivity index (χ2v) is 5.36. The van der Waals surface area contributed by atoms with E-state index in [1.54, 1.807) is 0 Å². The smallest absolute Gasteiger partial charge is 0.215 e. The second-order valence-electron chi connectivity index (χ2n) is 4.51. The van der Waals surface area contributed by atoms with Crippen molar-refractivity contribution in [1.29, 1.82) is 0 Å². The summed E-state index contributed by atoms with van der Waals surface area (Å²) in [4.78, 5) is 4.54. The minimum absolute atomic E-state index is 0.490. The van der Waals surface area contributed by atoms with E-state index in [0.29, 0.717) is 5.96 Å². The van der Waals surface area contributed by atoms with Crippen molar-refractivity contribution < 1.29 is 0 Å². The van der Waals surface area contributed by atoms with Gasteiger partial charge in [0.1, 0.15) is 0 Å². The Morgan fingerprint density at radius 3 is 2.45 bits per heavy atom. The van der Waals surface area contributed by atoms with Gasteiger partial charge < -0.3 is 5.32 Å². The molecular formula is C15H17BrN4. The number of hydrogen-bond acceptors (Lipinski definition) is 2. The zero-order valence-corrected chi connectivity index (χ0v) is 13.0. The van der Waals surface area contributed by atoms with Crippen LogP contribution in [0.25, 0.3) is 0 Å². The molecule has 5 heteroatoms. The van der Waals surface area contributed by atoms with Crippen LogP contribution in [0.1, 0.15) is 11.1 Å². The molecule has 2 aromatic carbocycles. The summed E-state index contributed by atoms with van der Waals surface area (Å²) in [5.41, 5.74) is 6.63. The van der Waals surface area contributed by atoms with Gasteiger partial charge in [-0.05, 0) is 59.1 Å². The normalized spacial score (nSPS) is 11.3. The summed E-state index contributed by atoms with van der Waals surface area (Å²) in [6, 6.07) is 13.9. The fraction of sp³-hybridized carbons (Fsp3) is 0.133. The molecule has 0 unspecified atom stereocenters. The summed E-state index contributed by atoms with van der Waals surface area (Å²) in [5.74, 6) is 6.03. The summed E-state index contributed by atoms with van der Waals surface area (Å²) < 4.78 is 0.942. The maximum Gasteiger partial charge on any atom is 0.215 e. The molecule has 104 valence electrons. The van der Waals surface area contributed by atoms with E-state index in [-0.39, 0.29) is 0 Å². The molecule has 0 aliphatic heterocycles. The molecule has 0 amide bonds. The molecule has 0 heterocycles. The highest BCUT2D eigenvalue weighted by molar-refractivity contribution is 9.10. The van der Waals surface area contributed by atoms with E-state index in [2.05, 4.69) is 44.7 Å². The Labute approximate surface area is 127 Å². The highest BCUT2D eigenvalue weighted by atomic mass is 79.9. The highest BCUT2D eigenvalue weighted by Gasteiger charge is 2.06. The number of halogens is 1. The first-order valence-electron chi connectivity index (χ1n) is 6.24. The zero-order valence-electron chi connectivity index (χ0n) is 11.4. The predicted molar refractivity (Wildman–Crippen MR) is 88.1 cm³/mol. The molecule has 0 atom stereocenters. The lowest BCUT2D eigenvalue weighted by Gasteiger charge is -2.11. The van der Waals surface area contributed by atoms with E-state index in [9.17, 15) is 0 Å². The number of anilines is 1. The number of para-hydroxylation sites is 1. The van der Waals surface area contributed by atoms with Crippen molar-refractivity contribution in [2.75, 3.05) is 5.32 Å². The van der Waals surface area contributed by atoms with E-state index in [1.807, 2.05) is 43.3 Å². The zero-order chi connectivity index (χ0) is 14.5. The third-order valence-corrected chi connectivity index (χ3v) is 3.40. The van der Waals surface area contributed by atoms with Gasteiger partial charge in [0, 0.05) is 10.2 Å². The molecule has 0 aromatic heterocycles. The number of hydrogen-bond donors (Lipinski definition) is 3. The molecule has 0 saturated carbocycles. The fourth-order valence-corrected chi connectivity index (χ4v) is 2.68. The van der Waals surface area contributed by atoms with Crippen LogP contribution in [0.2, 0.25) is 0 Å². The minimum Gasteiger partial charge on any atom is -0.325 e. The van der Waals surface area contributed by atoms with Gasteiger partial charge in [-0.1, -0.05) is 24.3 Å². The van der Waals surface area contributed by atoms with Crippen LogP contribution in [-0.2, 0) is 0 Å². The Hall–Kier alpha value is -1.85. The second kappa shape index (κ2) is 6.54. The van der Waals surface area contributed by atoms with Crippen LogP contribution in [-0.4, -0.2) is 5.96 Å². The summed E-state index contributed by atoms with van der Waals surface area (Å²) in [5, 5.41) is 3.14. The largest absolute Gasteiger partial charge is 0.325 e. The average Bonchev–Trinajstić information content (AvgIpc) is 2.42. The molecule has 2 aromatic rings. The number of guanidine groups is 1. The first-order valence-corrected chi connectivity index (χ1v) is 7.03. The van der Waals surface area contributed by atoms with Crippen molar-refractivity contribution in [2.45, 2.75) is 13.8 Å². The van der Waals surface area contributed by atoms with E-state index in [0.717, 1.165) is 21.4 Å². The maximum absolute atomic E-state index is 5.54. The quantitative estimate of drug-likeness (QED) is 0.340. The van der Waals surface area contributed by atoms with Crippen molar-refractivity contribution in [3.05, 3.63) is 58.1 Å². The predicted octanol–water partition coefficient (Wildman–Crippen LogP) is 3.63. The molecule has 20 heavy (non-hydrogen) atoms. The molecule has 0 aliphatic carbocycles. The fourth-order valence-electron chi connectivity index (χ4n) is 1.92. The van der Waals surface area contributed by atoms with Crippen LogP contribution in [0.3, 0.4) is 0 Å². The first-order chi connectivity index (χ1) is 9.60. The van der Waals surface area contributed by atoms with Gasteiger partial charge in [0.05, 0.1) is 5.69 Å². The number of aliphatic imine (C=N–C) groups is 1. The number of nitrogens with zero attached hydrogens (tertiary/aromatic N) is 1. The van der Waals surface area contributed by atoms with E-state index in [1.165, 1.54) is 5.56 Å². The molecule has 4 N–H and O–H groups in total. The van der Waals surface area contributed by atoms with E-state index in [4.69, 9.17) is 5.84 Å². The van der Waals surface area contributed by atoms with E-state index >= 15 is 0 Å². The Kier molecular flexibility index (Phi) is 4.76. The maximum atomic E-state index is 5.54. The molecule has 0 radical (unpaired) electrons. The number of nitrogens with one attached hydrogen (secondary N) is 2. The van der Waals surface area contributed by atoms with Gasteiger partial charge in [-0.15, -0.1) is 0 Å². The monoisotopic (exact) mass is 332 g/mol. The Balaban J connectivity index is 2.32. The third-order valence-electron chi connectivity index (χ3n) is 2.80. The number of nitrogens with two attached hydrogens (primary N) is 1. The van der Waals surface area contributed by atoms with E-state index < -0.39 is 0 Å². The van der Waals surface area contributed by atoms with Crippen LogP contribution in [0.5, 0.6) is 0 Å². The molecule has 0 spiro atoms. The molecular weight excluding hydrogens is 316 g/mol. The first kappa shape index (κ1) is 14.6. The molecule has 0 aliphatic rings. The van der Waals surface area contributed by atoms with Gasteiger partial charge in [-0.2, -0.15) is 0 Å². The summed E-state index contributed by atoms with van der Waals surface area (Å²) in [6.45, 7) is 4.07. The van der Waals surface area contributed by atoms with Gasteiger partial charge in [0.2, 0.25) is 5.96 Å². The number of rotatable bonds is 2.